The van der Waals surface area contributed by atoms with Crippen molar-refractivity contribution >= 4 is 5.69 Å². The van der Waals surface area contributed by atoms with Crippen molar-refractivity contribution < 1.29 is 9.13 Å². The van der Waals surface area contributed by atoms with Crippen LogP contribution in [0.3, 0.4) is 0 Å². The Bertz CT molecular complexity index is 390. The second kappa shape index (κ2) is 5.01. The maximum Gasteiger partial charge on any atom is 0.144 e. The van der Waals surface area contributed by atoms with Crippen LogP contribution in [-0.2, 0) is 0 Å². The highest BCUT2D eigenvalue weighted by atomic mass is 19.1. The molecule has 0 saturated heterocycles. The molecule has 0 bridgehead atoms. The molecule has 1 atom stereocenters. The van der Waals surface area contributed by atoms with Crippen LogP contribution >= 0.6 is 0 Å². The molecule has 0 aliphatic heterocycles. The second-order valence-electron chi connectivity index (χ2n) is 3.95. The van der Waals surface area contributed by atoms with E-state index in [2.05, 4.69) is 17.5 Å². The van der Waals surface area contributed by atoms with Gasteiger partial charge < -0.3 is 10.1 Å². The van der Waals surface area contributed by atoms with Gasteiger partial charge >= 0.3 is 0 Å². The third kappa shape index (κ3) is 2.54. The second-order valence-corrected chi connectivity index (χ2v) is 3.95. The Balaban J connectivity index is 2.13. The Labute approximate surface area is 95.1 Å². The van der Waals surface area contributed by atoms with Gasteiger partial charge in [-0.3, -0.25) is 0 Å². The number of benzene rings is 1. The van der Waals surface area contributed by atoms with E-state index < -0.39 is 0 Å². The number of hydrogen-bond acceptors (Lipinski definition) is 2. The Morgan fingerprint density at radius 3 is 3.00 bits per heavy atom. The minimum Gasteiger partial charge on any atom is -0.494 e. The third-order valence-corrected chi connectivity index (χ3v) is 2.76. The molecule has 0 saturated carbocycles. The zero-order valence-electron chi connectivity index (χ0n) is 9.37. The lowest BCUT2D eigenvalue weighted by molar-refractivity contribution is 0.412. The van der Waals surface area contributed by atoms with Gasteiger partial charge in [-0.2, -0.15) is 0 Å². The van der Waals surface area contributed by atoms with Crippen LogP contribution in [0.2, 0.25) is 0 Å². The van der Waals surface area contributed by atoms with Crippen molar-refractivity contribution in [2.24, 2.45) is 0 Å². The molecule has 0 radical (unpaired) electrons. The minimum atomic E-state index is -0.276. The van der Waals surface area contributed by atoms with Crippen molar-refractivity contribution in [3.05, 3.63) is 36.2 Å². The van der Waals surface area contributed by atoms with Crippen LogP contribution in [0.15, 0.2) is 30.4 Å². The zero-order valence-corrected chi connectivity index (χ0v) is 9.37. The van der Waals surface area contributed by atoms with Gasteiger partial charge in [0, 0.05) is 12.1 Å². The molecule has 1 aliphatic rings. The lowest BCUT2D eigenvalue weighted by Gasteiger charge is -2.20. The first-order chi connectivity index (χ1) is 7.79. The van der Waals surface area contributed by atoms with E-state index in [9.17, 15) is 4.39 Å². The monoisotopic (exact) mass is 221 g/mol. The Hall–Kier alpha value is -1.51. The van der Waals surface area contributed by atoms with E-state index in [1.807, 2.05) is 0 Å². The summed E-state index contributed by atoms with van der Waals surface area (Å²) in [6, 6.07) is 4.89. The largest absolute Gasteiger partial charge is 0.494 e. The summed E-state index contributed by atoms with van der Waals surface area (Å²) in [4.78, 5) is 0. The Morgan fingerprint density at radius 1 is 1.44 bits per heavy atom. The molecule has 2 nitrogen and oxygen atoms in total. The van der Waals surface area contributed by atoms with Crippen molar-refractivity contribution in [2.45, 2.75) is 25.3 Å². The normalized spacial score (nSPS) is 19.5. The molecule has 2 rings (SSSR count). The van der Waals surface area contributed by atoms with Crippen molar-refractivity contribution in [3.63, 3.8) is 0 Å². The summed E-state index contributed by atoms with van der Waals surface area (Å²) in [5.74, 6) is 0.278. The molecule has 16 heavy (non-hydrogen) atoms. The third-order valence-electron chi connectivity index (χ3n) is 2.76. The number of hydrogen-bond donors (Lipinski definition) is 1. The number of allylic oxidation sites excluding steroid dienone is 1. The first kappa shape index (κ1) is 11.0. The molecule has 0 amide bonds. The fourth-order valence-electron chi connectivity index (χ4n) is 1.92. The van der Waals surface area contributed by atoms with E-state index in [4.69, 9.17) is 4.74 Å². The van der Waals surface area contributed by atoms with Crippen molar-refractivity contribution in [1.29, 1.82) is 0 Å². The molecule has 3 heteroatoms. The van der Waals surface area contributed by atoms with Gasteiger partial charge in [-0.25, -0.2) is 4.39 Å². The number of rotatable bonds is 3. The summed E-state index contributed by atoms with van der Waals surface area (Å²) in [6.45, 7) is 0. The molecule has 0 spiro atoms. The van der Waals surface area contributed by atoms with E-state index >= 15 is 0 Å². The van der Waals surface area contributed by atoms with Crippen LogP contribution in [0.4, 0.5) is 10.1 Å². The fourth-order valence-corrected chi connectivity index (χ4v) is 1.92. The zero-order chi connectivity index (χ0) is 11.4. The van der Waals surface area contributed by atoms with Gasteiger partial charge in [-0.15, -0.1) is 0 Å². The van der Waals surface area contributed by atoms with Gasteiger partial charge in [0.1, 0.15) is 11.6 Å². The maximum absolute atomic E-state index is 13.0. The van der Waals surface area contributed by atoms with Gasteiger partial charge in [0.2, 0.25) is 0 Å². The Kier molecular flexibility index (Phi) is 3.44. The predicted molar refractivity (Wildman–Crippen MR) is 63.4 cm³/mol. The molecular formula is C13H16FNO. The summed E-state index contributed by atoms with van der Waals surface area (Å²) < 4.78 is 18.1. The van der Waals surface area contributed by atoms with Gasteiger partial charge in [-0.05, 0) is 31.4 Å². The van der Waals surface area contributed by atoms with Gasteiger partial charge in [-0.1, -0.05) is 12.2 Å². The molecule has 0 fully saturated rings. The fraction of sp³-hybridized carbons (Fsp3) is 0.385. The summed E-state index contributed by atoms with van der Waals surface area (Å²) in [5.41, 5.74) is 0.848. The number of ether oxygens (including phenoxy) is 1. The minimum absolute atomic E-state index is 0.276. The molecule has 86 valence electrons. The summed E-state index contributed by atoms with van der Waals surface area (Å²) in [5, 5.41) is 3.35. The van der Waals surface area contributed by atoms with Crippen LogP contribution in [0, 0.1) is 5.82 Å². The van der Waals surface area contributed by atoms with E-state index in [0.717, 1.165) is 18.5 Å². The number of halogens is 1. The van der Waals surface area contributed by atoms with Crippen LogP contribution in [0.25, 0.3) is 0 Å². The van der Waals surface area contributed by atoms with E-state index in [0.29, 0.717) is 11.8 Å². The van der Waals surface area contributed by atoms with Gasteiger partial charge in [0.25, 0.3) is 0 Å². The molecule has 1 unspecified atom stereocenters. The lowest BCUT2D eigenvalue weighted by atomic mass is 10.0. The maximum atomic E-state index is 13.0. The smallest absolute Gasteiger partial charge is 0.144 e. The molecule has 1 aromatic carbocycles. The molecule has 1 N–H and O–H groups in total. The van der Waals surface area contributed by atoms with Crippen LogP contribution < -0.4 is 10.1 Å². The van der Waals surface area contributed by atoms with Crippen molar-refractivity contribution in [1.82, 2.24) is 0 Å². The topological polar surface area (TPSA) is 21.3 Å². The molecule has 0 aromatic heterocycles. The number of anilines is 1. The SMILES string of the molecule is COc1cc(F)ccc1NC1C=CCCC1. The Morgan fingerprint density at radius 2 is 2.31 bits per heavy atom. The predicted octanol–water partition coefficient (Wildman–Crippen LogP) is 3.35. The van der Waals surface area contributed by atoms with Gasteiger partial charge in [0.15, 0.2) is 0 Å². The average molecular weight is 221 g/mol. The van der Waals surface area contributed by atoms with Crippen LogP contribution in [-0.4, -0.2) is 13.2 Å². The van der Waals surface area contributed by atoms with Crippen LogP contribution in [0.1, 0.15) is 19.3 Å². The average Bonchev–Trinajstić information content (AvgIpc) is 2.33. The van der Waals surface area contributed by atoms with Crippen molar-refractivity contribution in [2.75, 3.05) is 12.4 Å². The highest BCUT2D eigenvalue weighted by Crippen LogP contribution is 2.27. The van der Waals surface area contributed by atoms with Crippen LogP contribution in [0.5, 0.6) is 5.75 Å². The quantitative estimate of drug-likeness (QED) is 0.790. The molecule has 1 aliphatic carbocycles. The standard InChI is InChI=1S/C13H16FNO/c1-16-13-9-10(14)7-8-12(13)15-11-5-3-2-4-6-11/h3,5,7-9,11,15H,2,4,6H2,1H3. The lowest BCUT2D eigenvalue weighted by Crippen LogP contribution is -2.19. The molecule has 0 heterocycles. The summed E-state index contributed by atoms with van der Waals surface area (Å²) in [7, 11) is 1.55. The first-order valence-corrected chi connectivity index (χ1v) is 5.56. The highest BCUT2D eigenvalue weighted by Gasteiger charge is 2.11. The van der Waals surface area contributed by atoms with Crippen molar-refractivity contribution in [3.8, 4) is 5.75 Å². The van der Waals surface area contributed by atoms with E-state index in [1.165, 1.54) is 18.6 Å². The van der Waals surface area contributed by atoms with Gasteiger partial charge in [0.05, 0.1) is 12.8 Å². The molecule has 1 aromatic rings. The number of methoxy groups -OCH3 is 1. The molecular weight excluding hydrogens is 205 g/mol. The number of nitrogens with one attached hydrogen (secondary N) is 1. The van der Waals surface area contributed by atoms with E-state index in [-0.39, 0.29) is 5.82 Å². The first-order valence-electron chi connectivity index (χ1n) is 5.56. The summed E-state index contributed by atoms with van der Waals surface area (Å²) in [6.07, 6.45) is 7.79. The van der Waals surface area contributed by atoms with E-state index in [1.54, 1.807) is 13.2 Å². The highest BCUT2D eigenvalue weighted by molar-refractivity contribution is 5.57. The summed E-state index contributed by atoms with van der Waals surface area (Å²) >= 11 is 0.